The van der Waals surface area contributed by atoms with Gasteiger partial charge in [0.2, 0.25) is 0 Å². The van der Waals surface area contributed by atoms with Gasteiger partial charge in [0.15, 0.2) is 5.69 Å². The second-order valence-corrected chi connectivity index (χ2v) is 5.18. The average Bonchev–Trinajstić information content (AvgIpc) is 3.01. The lowest BCUT2D eigenvalue weighted by Gasteiger charge is -2.08. The van der Waals surface area contributed by atoms with Crippen molar-refractivity contribution in [2.75, 3.05) is 0 Å². The lowest BCUT2D eigenvalue weighted by Crippen LogP contribution is -1.97. The van der Waals surface area contributed by atoms with Crippen LogP contribution >= 0.6 is 11.6 Å². The molecule has 1 N–H and O–H groups in total. The van der Waals surface area contributed by atoms with Gasteiger partial charge in [-0.3, -0.25) is 0 Å². The molecule has 1 heterocycles. The minimum absolute atomic E-state index is 0.205. The summed E-state index contributed by atoms with van der Waals surface area (Å²) in [5, 5.41) is 19.5. The van der Waals surface area contributed by atoms with Gasteiger partial charge in [-0.25, -0.2) is 9.49 Å². The predicted octanol–water partition coefficient (Wildman–Crippen LogP) is 3.71. The Morgan fingerprint density at radius 3 is 2.91 bits per heavy atom. The van der Waals surface area contributed by atoms with E-state index in [2.05, 4.69) is 15.4 Å². The van der Waals surface area contributed by atoms with E-state index < -0.39 is 0 Å². The maximum atomic E-state index is 13.1. The van der Waals surface area contributed by atoms with Crippen LogP contribution in [0, 0.1) is 17.1 Å². The van der Waals surface area contributed by atoms with Crippen molar-refractivity contribution in [2.24, 2.45) is 0 Å². The van der Waals surface area contributed by atoms with Crippen molar-refractivity contribution < 1.29 is 9.13 Å². The molecule has 3 rings (SSSR count). The van der Waals surface area contributed by atoms with Crippen molar-refractivity contribution in [3.63, 3.8) is 0 Å². The molecule has 5 nitrogen and oxygen atoms in total. The minimum atomic E-state index is -0.365. The summed E-state index contributed by atoms with van der Waals surface area (Å²) < 4.78 is 18.7. The molecule has 0 amide bonds. The summed E-state index contributed by atoms with van der Waals surface area (Å²) >= 11 is 6.11. The number of H-pyrrole nitrogens is 1. The van der Waals surface area contributed by atoms with Gasteiger partial charge in [-0.05, 0) is 35.9 Å². The van der Waals surface area contributed by atoms with Crippen LogP contribution in [0.4, 0.5) is 4.39 Å². The number of halogens is 2. The van der Waals surface area contributed by atoms with E-state index in [1.54, 1.807) is 30.3 Å². The summed E-state index contributed by atoms with van der Waals surface area (Å²) in [4.78, 5) is 0. The molecular weight excluding hydrogens is 319 g/mol. The van der Waals surface area contributed by atoms with Gasteiger partial charge in [0, 0.05) is 16.7 Å². The molecule has 0 saturated heterocycles. The maximum Gasteiger partial charge on any atom is 0.163 e. The van der Waals surface area contributed by atoms with Gasteiger partial charge in [-0.15, -0.1) is 5.10 Å². The van der Waals surface area contributed by atoms with Crippen LogP contribution in [0.3, 0.4) is 0 Å². The van der Waals surface area contributed by atoms with E-state index in [-0.39, 0.29) is 18.1 Å². The third kappa shape index (κ3) is 3.47. The standard InChI is InChI=1S/C16H10ClFN4O/c17-12-5-10(9-23-14-3-1-2-13(18)7-14)4-11(6-12)16-15(8-19)20-22-21-16/h1-7H,9H2,(H,20,21,22). The number of hydrogen-bond donors (Lipinski definition) is 1. The Bertz CT molecular complexity index is 888. The Morgan fingerprint density at radius 2 is 2.13 bits per heavy atom. The third-order valence-corrected chi connectivity index (χ3v) is 3.31. The van der Waals surface area contributed by atoms with E-state index in [1.807, 2.05) is 6.07 Å². The molecule has 0 bridgehead atoms. The second kappa shape index (κ2) is 6.46. The molecule has 23 heavy (non-hydrogen) atoms. The summed E-state index contributed by atoms with van der Waals surface area (Å²) in [5.74, 6) is 0.0567. The van der Waals surface area contributed by atoms with Crippen molar-refractivity contribution in [1.82, 2.24) is 15.4 Å². The van der Waals surface area contributed by atoms with E-state index in [4.69, 9.17) is 21.6 Å². The lowest BCUT2D eigenvalue weighted by atomic mass is 10.1. The van der Waals surface area contributed by atoms with E-state index in [0.717, 1.165) is 5.56 Å². The highest BCUT2D eigenvalue weighted by atomic mass is 35.5. The Balaban J connectivity index is 1.85. The zero-order chi connectivity index (χ0) is 16.2. The number of ether oxygens (including phenoxy) is 1. The molecule has 0 unspecified atom stereocenters. The number of rotatable bonds is 4. The molecule has 0 aliphatic carbocycles. The van der Waals surface area contributed by atoms with Crippen molar-refractivity contribution in [1.29, 1.82) is 5.26 Å². The molecule has 114 valence electrons. The monoisotopic (exact) mass is 328 g/mol. The number of nitrogens with zero attached hydrogens (tertiary/aromatic N) is 3. The molecule has 2 aromatic carbocycles. The minimum Gasteiger partial charge on any atom is -0.489 e. The fourth-order valence-electron chi connectivity index (χ4n) is 2.10. The molecule has 7 heteroatoms. The summed E-state index contributed by atoms with van der Waals surface area (Å²) in [5.41, 5.74) is 2.09. The number of hydrogen-bond acceptors (Lipinski definition) is 4. The Labute approximate surface area is 136 Å². The fraction of sp³-hybridized carbons (Fsp3) is 0.0625. The van der Waals surface area contributed by atoms with Gasteiger partial charge >= 0.3 is 0 Å². The summed E-state index contributed by atoms with van der Waals surface area (Å²) in [6.07, 6.45) is 0. The van der Waals surface area contributed by atoms with E-state index >= 15 is 0 Å². The molecule has 0 spiro atoms. The molecule has 0 saturated carbocycles. The maximum absolute atomic E-state index is 13.1. The van der Waals surface area contributed by atoms with Crippen molar-refractivity contribution in [2.45, 2.75) is 6.61 Å². The van der Waals surface area contributed by atoms with Crippen molar-refractivity contribution in [3.05, 3.63) is 64.6 Å². The highest BCUT2D eigenvalue weighted by Gasteiger charge is 2.11. The largest absolute Gasteiger partial charge is 0.489 e. The Kier molecular flexibility index (Phi) is 4.22. The van der Waals surface area contributed by atoms with E-state index in [1.165, 1.54) is 12.1 Å². The molecule has 3 aromatic rings. The van der Waals surface area contributed by atoms with Crippen LogP contribution in [0.2, 0.25) is 5.02 Å². The first-order valence-electron chi connectivity index (χ1n) is 6.65. The SMILES string of the molecule is N#Cc1[nH]nnc1-c1cc(Cl)cc(COc2cccc(F)c2)c1. The average molecular weight is 329 g/mol. The van der Waals surface area contributed by atoms with Crippen LogP contribution in [0.5, 0.6) is 5.75 Å². The van der Waals surface area contributed by atoms with Gasteiger partial charge in [-0.2, -0.15) is 5.26 Å². The highest BCUT2D eigenvalue weighted by Crippen LogP contribution is 2.25. The first kappa shape index (κ1) is 15.0. The topological polar surface area (TPSA) is 74.6 Å². The quantitative estimate of drug-likeness (QED) is 0.792. The first-order valence-corrected chi connectivity index (χ1v) is 7.03. The van der Waals surface area contributed by atoms with E-state index in [0.29, 0.717) is 22.0 Å². The predicted molar refractivity (Wildman–Crippen MR) is 82.3 cm³/mol. The zero-order valence-corrected chi connectivity index (χ0v) is 12.5. The highest BCUT2D eigenvalue weighted by molar-refractivity contribution is 6.30. The Hall–Kier alpha value is -2.91. The van der Waals surface area contributed by atoms with Crippen LogP contribution in [0.15, 0.2) is 42.5 Å². The van der Waals surface area contributed by atoms with Gasteiger partial charge in [0.25, 0.3) is 0 Å². The number of aromatic amines is 1. The smallest absolute Gasteiger partial charge is 0.163 e. The molecular formula is C16H10ClFN4O. The van der Waals surface area contributed by atoms with Gasteiger partial charge in [-0.1, -0.05) is 22.9 Å². The second-order valence-electron chi connectivity index (χ2n) is 4.74. The summed E-state index contributed by atoms with van der Waals surface area (Å²) in [6, 6.07) is 13.1. The molecule has 0 aliphatic heterocycles. The summed E-state index contributed by atoms with van der Waals surface area (Å²) in [7, 11) is 0. The Morgan fingerprint density at radius 1 is 1.26 bits per heavy atom. The van der Waals surface area contributed by atoms with Crippen LogP contribution in [-0.2, 0) is 6.61 Å². The zero-order valence-electron chi connectivity index (χ0n) is 11.8. The van der Waals surface area contributed by atoms with Crippen molar-refractivity contribution >= 4 is 11.6 Å². The number of nitriles is 1. The van der Waals surface area contributed by atoms with Crippen molar-refractivity contribution in [3.8, 4) is 23.1 Å². The van der Waals surface area contributed by atoms with Crippen LogP contribution < -0.4 is 4.74 Å². The molecule has 1 aromatic heterocycles. The number of benzene rings is 2. The molecule has 0 radical (unpaired) electrons. The lowest BCUT2D eigenvalue weighted by molar-refractivity contribution is 0.304. The first-order chi connectivity index (χ1) is 11.2. The molecule has 0 fully saturated rings. The van der Waals surface area contributed by atoms with Gasteiger partial charge in [0.05, 0.1) is 0 Å². The van der Waals surface area contributed by atoms with Gasteiger partial charge < -0.3 is 4.74 Å². The fourth-order valence-corrected chi connectivity index (χ4v) is 2.36. The van der Waals surface area contributed by atoms with Crippen LogP contribution in [0.25, 0.3) is 11.3 Å². The normalized spacial score (nSPS) is 10.3. The summed E-state index contributed by atoms with van der Waals surface area (Å²) in [6.45, 7) is 0.205. The third-order valence-electron chi connectivity index (χ3n) is 3.09. The van der Waals surface area contributed by atoms with Crippen LogP contribution in [0.1, 0.15) is 11.3 Å². The number of aromatic nitrogens is 3. The van der Waals surface area contributed by atoms with Gasteiger partial charge in [0.1, 0.15) is 29.9 Å². The van der Waals surface area contributed by atoms with Crippen LogP contribution in [-0.4, -0.2) is 15.4 Å². The molecule has 0 aliphatic rings. The number of nitrogens with one attached hydrogen (secondary N) is 1. The van der Waals surface area contributed by atoms with E-state index in [9.17, 15) is 4.39 Å². The molecule has 0 atom stereocenters.